The van der Waals surface area contributed by atoms with Gasteiger partial charge in [-0.05, 0) is 0 Å². The second-order valence-electron chi connectivity index (χ2n) is 1.80. The smallest absolute Gasteiger partial charge is 0.345 e. The standard InChI is InChI=1S/C6H9NO2S/c1-9-6(8)5-4-7-2-3-10-5/h4,7H,2-3H2,1H3. The van der Waals surface area contributed by atoms with Gasteiger partial charge in [0.15, 0.2) is 0 Å². The summed E-state index contributed by atoms with van der Waals surface area (Å²) in [6, 6.07) is 0. The maximum absolute atomic E-state index is 10.8. The van der Waals surface area contributed by atoms with Crippen LogP contribution in [0.5, 0.6) is 0 Å². The molecule has 10 heavy (non-hydrogen) atoms. The summed E-state index contributed by atoms with van der Waals surface area (Å²) in [6.45, 7) is 0.922. The molecule has 0 aromatic heterocycles. The van der Waals surface area contributed by atoms with Crippen LogP contribution in [0.4, 0.5) is 0 Å². The molecule has 1 rings (SSSR count). The molecule has 0 unspecified atom stereocenters. The van der Waals surface area contributed by atoms with E-state index in [1.54, 1.807) is 6.20 Å². The van der Waals surface area contributed by atoms with Crippen LogP contribution in [-0.2, 0) is 9.53 Å². The quantitative estimate of drug-likeness (QED) is 0.560. The predicted molar refractivity (Wildman–Crippen MR) is 40.6 cm³/mol. The van der Waals surface area contributed by atoms with Gasteiger partial charge in [-0.25, -0.2) is 4.79 Å². The minimum atomic E-state index is -0.253. The second-order valence-corrected chi connectivity index (χ2v) is 2.94. The molecule has 0 saturated heterocycles. The van der Waals surface area contributed by atoms with E-state index in [0.29, 0.717) is 4.91 Å². The lowest BCUT2D eigenvalue weighted by Crippen LogP contribution is -2.18. The van der Waals surface area contributed by atoms with E-state index in [4.69, 9.17) is 0 Å². The zero-order valence-corrected chi connectivity index (χ0v) is 6.53. The van der Waals surface area contributed by atoms with Gasteiger partial charge in [-0.3, -0.25) is 0 Å². The van der Waals surface area contributed by atoms with Crippen molar-refractivity contribution in [1.82, 2.24) is 5.32 Å². The van der Waals surface area contributed by atoms with Crippen LogP contribution in [0.25, 0.3) is 0 Å². The Hall–Kier alpha value is -0.640. The van der Waals surface area contributed by atoms with Gasteiger partial charge in [-0.2, -0.15) is 0 Å². The first-order chi connectivity index (χ1) is 4.84. The lowest BCUT2D eigenvalue weighted by molar-refractivity contribution is -0.135. The number of esters is 1. The van der Waals surface area contributed by atoms with E-state index in [9.17, 15) is 4.79 Å². The molecule has 0 bridgehead atoms. The number of carbonyl (C=O) groups excluding carboxylic acids is 1. The molecule has 0 fully saturated rings. The van der Waals surface area contributed by atoms with Gasteiger partial charge in [-0.15, -0.1) is 11.8 Å². The fourth-order valence-corrected chi connectivity index (χ4v) is 1.45. The number of carbonyl (C=O) groups is 1. The molecule has 1 aliphatic rings. The van der Waals surface area contributed by atoms with E-state index in [0.717, 1.165) is 12.3 Å². The van der Waals surface area contributed by atoms with E-state index >= 15 is 0 Å². The summed E-state index contributed by atoms with van der Waals surface area (Å²) < 4.78 is 4.52. The lowest BCUT2D eigenvalue weighted by Gasteiger charge is -2.10. The largest absolute Gasteiger partial charge is 0.465 e. The minimum absolute atomic E-state index is 0.253. The van der Waals surface area contributed by atoms with Gasteiger partial charge in [0.2, 0.25) is 0 Å². The van der Waals surface area contributed by atoms with Crippen molar-refractivity contribution < 1.29 is 9.53 Å². The van der Waals surface area contributed by atoms with E-state index < -0.39 is 0 Å². The van der Waals surface area contributed by atoms with E-state index in [1.165, 1.54) is 18.9 Å². The summed E-state index contributed by atoms with van der Waals surface area (Å²) in [4.78, 5) is 11.5. The number of thioether (sulfide) groups is 1. The second kappa shape index (κ2) is 3.51. The third-order valence-electron chi connectivity index (χ3n) is 1.12. The highest BCUT2D eigenvalue weighted by molar-refractivity contribution is 8.04. The van der Waals surface area contributed by atoms with Crippen LogP contribution in [0.2, 0.25) is 0 Å². The van der Waals surface area contributed by atoms with Gasteiger partial charge in [0.1, 0.15) is 4.91 Å². The molecule has 3 nitrogen and oxygen atoms in total. The average molecular weight is 159 g/mol. The normalized spacial score (nSPS) is 17.1. The first kappa shape index (κ1) is 7.47. The van der Waals surface area contributed by atoms with E-state index in [2.05, 4.69) is 10.1 Å². The number of nitrogens with one attached hydrogen (secondary N) is 1. The Morgan fingerprint density at radius 3 is 3.20 bits per heavy atom. The maximum Gasteiger partial charge on any atom is 0.345 e. The summed E-state index contributed by atoms with van der Waals surface area (Å²) in [5.41, 5.74) is 0. The maximum atomic E-state index is 10.8. The van der Waals surface area contributed by atoms with E-state index in [1.807, 2.05) is 0 Å². The summed E-state index contributed by atoms with van der Waals surface area (Å²) in [7, 11) is 1.39. The van der Waals surface area contributed by atoms with Crippen LogP contribution in [-0.4, -0.2) is 25.4 Å². The molecule has 56 valence electrons. The Morgan fingerprint density at radius 1 is 1.90 bits per heavy atom. The van der Waals surface area contributed by atoms with Gasteiger partial charge in [0.25, 0.3) is 0 Å². The Labute approximate surface area is 63.8 Å². The first-order valence-corrected chi connectivity index (χ1v) is 3.98. The summed E-state index contributed by atoms with van der Waals surface area (Å²) in [5, 5.41) is 2.97. The fourth-order valence-electron chi connectivity index (χ4n) is 0.645. The van der Waals surface area contributed by atoms with Crippen molar-refractivity contribution in [2.24, 2.45) is 0 Å². The number of methoxy groups -OCH3 is 1. The zero-order chi connectivity index (χ0) is 7.40. The van der Waals surface area contributed by atoms with Gasteiger partial charge < -0.3 is 10.1 Å². The molecule has 1 aliphatic heterocycles. The van der Waals surface area contributed by atoms with Crippen molar-refractivity contribution in [3.8, 4) is 0 Å². The van der Waals surface area contributed by atoms with Gasteiger partial charge in [0, 0.05) is 18.5 Å². The minimum Gasteiger partial charge on any atom is -0.465 e. The van der Waals surface area contributed by atoms with Crippen LogP contribution in [0.15, 0.2) is 11.1 Å². The SMILES string of the molecule is COC(=O)C1=CNCCS1. The Bertz CT molecular complexity index is 167. The highest BCUT2D eigenvalue weighted by atomic mass is 32.2. The Morgan fingerprint density at radius 2 is 2.70 bits per heavy atom. The lowest BCUT2D eigenvalue weighted by atomic mass is 10.6. The number of rotatable bonds is 1. The fraction of sp³-hybridized carbons (Fsp3) is 0.500. The third kappa shape index (κ3) is 1.67. The van der Waals surface area contributed by atoms with Crippen molar-refractivity contribution in [2.75, 3.05) is 19.4 Å². The molecule has 4 heteroatoms. The number of ether oxygens (including phenoxy) is 1. The van der Waals surface area contributed by atoms with Crippen LogP contribution in [0.3, 0.4) is 0 Å². The van der Waals surface area contributed by atoms with Crippen molar-refractivity contribution in [3.05, 3.63) is 11.1 Å². The van der Waals surface area contributed by atoms with Gasteiger partial charge in [-0.1, -0.05) is 0 Å². The molecule has 0 amide bonds. The molecule has 0 radical (unpaired) electrons. The van der Waals surface area contributed by atoms with Crippen molar-refractivity contribution in [2.45, 2.75) is 0 Å². The number of hydrogen-bond donors (Lipinski definition) is 1. The molecule has 0 saturated carbocycles. The monoisotopic (exact) mass is 159 g/mol. The Kier molecular flexibility index (Phi) is 2.62. The molecule has 1 heterocycles. The first-order valence-electron chi connectivity index (χ1n) is 2.99. The van der Waals surface area contributed by atoms with Crippen LogP contribution in [0.1, 0.15) is 0 Å². The topological polar surface area (TPSA) is 38.3 Å². The molecular formula is C6H9NO2S. The third-order valence-corrected chi connectivity index (χ3v) is 2.13. The predicted octanol–water partition coefficient (Wildman–Crippen LogP) is 0.337. The number of hydrogen-bond acceptors (Lipinski definition) is 4. The summed E-state index contributed by atoms with van der Waals surface area (Å²) in [5.74, 6) is 0.679. The Balaban J connectivity index is 2.53. The van der Waals surface area contributed by atoms with Gasteiger partial charge >= 0.3 is 5.97 Å². The van der Waals surface area contributed by atoms with Crippen molar-refractivity contribution in [1.29, 1.82) is 0 Å². The summed E-state index contributed by atoms with van der Waals surface area (Å²) >= 11 is 1.52. The van der Waals surface area contributed by atoms with Crippen molar-refractivity contribution in [3.63, 3.8) is 0 Å². The zero-order valence-electron chi connectivity index (χ0n) is 5.72. The van der Waals surface area contributed by atoms with Crippen LogP contribution < -0.4 is 5.32 Å². The van der Waals surface area contributed by atoms with E-state index in [-0.39, 0.29) is 5.97 Å². The molecular weight excluding hydrogens is 150 g/mol. The highest BCUT2D eigenvalue weighted by Gasteiger charge is 2.11. The average Bonchev–Trinajstić information content (AvgIpc) is 2.05. The van der Waals surface area contributed by atoms with Gasteiger partial charge in [0.05, 0.1) is 7.11 Å². The van der Waals surface area contributed by atoms with Crippen molar-refractivity contribution >= 4 is 17.7 Å². The highest BCUT2D eigenvalue weighted by Crippen LogP contribution is 2.17. The molecule has 0 spiro atoms. The molecule has 0 atom stereocenters. The summed E-state index contributed by atoms with van der Waals surface area (Å²) in [6.07, 6.45) is 1.69. The van der Waals surface area contributed by atoms with Crippen LogP contribution in [0, 0.1) is 0 Å². The molecule has 0 aromatic rings. The molecule has 0 aromatic carbocycles. The van der Waals surface area contributed by atoms with Crippen LogP contribution >= 0.6 is 11.8 Å². The molecule has 1 N–H and O–H groups in total. The molecule has 0 aliphatic carbocycles.